The van der Waals surface area contributed by atoms with Crippen LogP contribution < -0.4 is 4.90 Å². The molecule has 1 saturated heterocycles. The molecule has 1 aliphatic carbocycles. The van der Waals surface area contributed by atoms with Gasteiger partial charge >= 0.3 is 6.09 Å². The topological polar surface area (TPSA) is 97.2 Å². The summed E-state index contributed by atoms with van der Waals surface area (Å²) in [7, 11) is 0. The highest BCUT2D eigenvalue weighted by Crippen LogP contribution is 2.42. The Kier molecular flexibility index (Phi) is 4.28. The fourth-order valence-electron chi connectivity index (χ4n) is 4.82. The van der Waals surface area contributed by atoms with Crippen molar-refractivity contribution in [2.75, 3.05) is 11.4 Å². The summed E-state index contributed by atoms with van der Waals surface area (Å²) in [4.78, 5) is 18.7. The average molecular weight is 405 g/mol. The molecule has 0 bridgehead atoms. The van der Waals surface area contributed by atoms with Crippen molar-refractivity contribution >= 4 is 23.0 Å². The van der Waals surface area contributed by atoms with Gasteiger partial charge in [0.2, 0.25) is 5.88 Å². The van der Waals surface area contributed by atoms with Crippen LogP contribution in [-0.4, -0.2) is 32.9 Å². The predicted molar refractivity (Wildman–Crippen MR) is 109 cm³/mol. The number of rotatable bonds is 3. The number of ether oxygens (including phenoxy) is 1. The van der Waals surface area contributed by atoms with Gasteiger partial charge in [-0.3, -0.25) is 0 Å². The standard InChI is InChI=1S/C22H23N5O3/c1-14-15(2)25-30-20(14)27-12-22(29-21(27)28)7-3-4-17(9-22)11-26-13-24-18-6-5-16(10-23)8-19(18)26/h5-6,8,13,17H,3-4,7,9,11-12H2,1-2H3/t17-,22-/m0/s1. The third-order valence-electron chi connectivity index (χ3n) is 6.46. The van der Waals surface area contributed by atoms with Gasteiger partial charge in [-0.05, 0) is 63.6 Å². The summed E-state index contributed by atoms with van der Waals surface area (Å²) in [6.45, 7) is 5.04. The van der Waals surface area contributed by atoms with Gasteiger partial charge in [-0.1, -0.05) is 5.16 Å². The van der Waals surface area contributed by atoms with Crippen LogP contribution in [0.1, 0.15) is 42.5 Å². The second-order valence-electron chi connectivity index (χ2n) is 8.51. The molecule has 1 aliphatic heterocycles. The zero-order chi connectivity index (χ0) is 20.9. The van der Waals surface area contributed by atoms with Crippen LogP contribution in [0, 0.1) is 31.1 Å². The molecule has 0 radical (unpaired) electrons. The molecule has 1 spiro atoms. The lowest BCUT2D eigenvalue weighted by molar-refractivity contribution is 0.00438. The van der Waals surface area contributed by atoms with Crippen molar-refractivity contribution in [2.24, 2.45) is 5.92 Å². The molecule has 1 aromatic carbocycles. The Hall–Kier alpha value is -3.34. The minimum absolute atomic E-state index is 0.354. The lowest BCUT2D eigenvalue weighted by Crippen LogP contribution is -2.40. The van der Waals surface area contributed by atoms with Crippen molar-refractivity contribution in [3.05, 3.63) is 41.3 Å². The van der Waals surface area contributed by atoms with Gasteiger partial charge in [-0.15, -0.1) is 0 Å². The van der Waals surface area contributed by atoms with Crippen molar-refractivity contribution in [3.8, 4) is 6.07 Å². The van der Waals surface area contributed by atoms with E-state index < -0.39 is 5.60 Å². The number of nitriles is 1. The summed E-state index contributed by atoms with van der Waals surface area (Å²) in [6.07, 6.45) is 5.18. The molecule has 5 rings (SSSR count). The number of carbonyl (C=O) groups excluding carboxylic acids is 1. The predicted octanol–water partition coefficient (Wildman–Crippen LogP) is 4.10. The van der Waals surface area contributed by atoms with Crippen molar-refractivity contribution in [1.82, 2.24) is 14.7 Å². The van der Waals surface area contributed by atoms with Crippen LogP contribution in [0.2, 0.25) is 0 Å². The highest BCUT2D eigenvalue weighted by atomic mass is 16.6. The highest BCUT2D eigenvalue weighted by Gasteiger charge is 2.49. The number of aryl methyl sites for hydroxylation is 1. The highest BCUT2D eigenvalue weighted by molar-refractivity contribution is 5.89. The van der Waals surface area contributed by atoms with Crippen molar-refractivity contribution in [1.29, 1.82) is 5.26 Å². The Balaban J connectivity index is 1.36. The van der Waals surface area contributed by atoms with Crippen LogP contribution in [0.15, 0.2) is 29.0 Å². The SMILES string of the molecule is Cc1noc(N2C[C@@]3(CCC[C@H](Cn4cnc5ccc(C#N)cc54)C3)OC2=O)c1C. The van der Waals surface area contributed by atoms with E-state index in [1.54, 1.807) is 11.0 Å². The van der Waals surface area contributed by atoms with E-state index in [1.165, 1.54) is 0 Å². The normalized spacial score (nSPS) is 23.8. The van der Waals surface area contributed by atoms with Gasteiger partial charge in [0.05, 0.1) is 41.2 Å². The first kappa shape index (κ1) is 18.7. The van der Waals surface area contributed by atoms with Crippen LogP contribution in [0.25, 0.3) is 11.0 Å². The molecule has 154 valence electrons. The molecule has 3 aromatic rings. The minimum atomic E-state index is -0.499. The summed E-state index contributed by atoms with van der Waals surface area (Å²) in [6, 6.07) is 7.74. The van der Waals surface area contributed by atoms with E-state index >= 15 is 0 Å². The van der Waals surface area contributed by atoms with E-state index in [4.69, 9.17) is 9.26 Å². The van der Waals surface area contributed by atoms with Crippen LogP contribution in [0.3, 0.4) is 0 Å². The van der Waals surface area contributed by atoms with Crippen molar-refractivity contribution in [2.45, 2.75) is 51.7 Å². The van der Waals surface area contributed by atoms with Gasteiger partial charge in [-0.2, -0.15) is 5.26 Å². The number of hydrogen-bond donors (Lipinski definition) is 0. The Morgan fingerprint density at radius 1 is 1.37 bits per heavy atom. The summed E-state index contributed by atoms with van der Waals surface area (Å²) in [5, 5.41) is 13.2. The molecule has 0 N–H and O–H groups in total. The number of anilines is 1. The zero-order valence-electron chi connectivity index (χ0n) is 17.1. The first-order valence-corrected chi connectivity index (χ1v) is 10.3. The molecule has 1 amide bonds. The lowest BCUT2D eigenvalue weighted by Gasteiger charge is -2.36. The first-order chi connectivity index (χ1) is 14.5. The van der Waals surface area contributed by atoms with Crippen LogP contribution in [0.4, 0.5) is 10.7 Å². The fraction of sp³-hybridized carbons (Fsp3) is 0.455. The molecule has 2 aliphatic rings. The summed E-state index contributed by atoms with van der Waals surface area (Å²) < 4.78 is 13.4. The lowest BCUT2D eigenvalue weighted by atomic mass is 9.78. The van der Waals surface area contributed by atoms with E-state index in [0.717, 1.165) is 54.5 Å². The van der Waals surface area contributed by atoms with Gasteiger partial charge in [0.1, 0.15) is 5.60 Å². The van der Waals surface area contributed by atoms with E-state index in [-0.39, 0.29) is 6.09 Å². The summed E-state index contributed by atoms with van der Waals surface area (Å²) in [5.74, 6) is 0.841. The average Bonchev–Trinajstić information content (AvgIpc) is 3.38. The van der Waals surface area contributed by atoms with Gasteiger partial charge in [0, 0.05) is 12.1 Å². The van der Waals surface area contributed by atoms with E-state index in [0.29, 0.717) is 23.9 Å². The van der Waals surface area contributed by atoms with Gasteiger partial charge in [0.15, 0.2) is 0 Å². The monoisotopic (exact) mass is 405 g/mol. The molecule has 2 fully saturated rings. The zero-order valence-corrected chi connectivity index (χ0v) is 17.1. The molecule has 2 atom stereocenters. The van der Waals surface area contributed by atoms with Gasteiger partial charge in [-0.25, -0.2) is 14.7 Å². The largest absolute Gasteiger partial charge is 0.441 e. The Labute approximate surface area is 174 Å². The van der Waals surface area contributed by atoms with E-state index in [9.17, 15) is 10.1 Å². The van der Waals surface area contributed by atoms with Gasteiger partial charge < -0.3 is 13.8 Å². The quantitative estimate of drug-likeness (QED) is 0.651. The maximum atomic E-state index is 12.6. The van der Waals surface area contributed by atoms with Crippen LogP contribution in [-0.2, 0) is 11.3 Å². The molecular weight excluding hydrogens is 382 g/mol. The summed E-state index contributed by atoms with van der Waals surface area (Å²) in [5.41, 5.74) is 3.63. The number of fused-ring (bicyclic) bond motifs is 1. The number of nitrogens with zero attached hydrogens (tertiary/aromatic N) is 5. The molecule has 8 nitrogen and oxygen atoms in total. The Morgan fingerprint density at radius 2 is 2.23 bits per heavy atom. The third kappa shape index (κ3) is 3.02. The van der Waals surface area contributed by atoms with Crippen molar-refractivity contribution in [3.63, 3.8) is 0 Å². The molecule has 1 saturated carbocycles. The van der Waals surface area contributed by atoms with Crippen molar-refractivity contribution < 1.29 is 14.1 Å². The second-order valence-corrected chi connectivity index (χ2v) is 8.51. The third-order valence-corrected chi connectivity index (χ3v) is 6.46. The number of amides is 1. The molecule has 0 unspecified atom stereocenters. The number of benzene rings is 1. The first-order valence-electron chi connectivity index (χ1n) is 10.3. The summed E-state index contributed by atoms with van der Waals surface area (Å²) >= 11 is 0. The van der Waals surface area contributed by atoms with Crippen LogP contribution >= 0.6 is 0 Å². The smallest absolute Gasteiger partial charge is 0.417 e. The maximum absolute atomic E-state index is 12.6. The molecular formula is C22H23N5O3. The Bertz CT molecular complexity index is 1170. The molecule has 8 heteroatoms. The molecule has 3 heterocycles. The molecule has 30 heavy (non-hydrogen) atoms. The number of aromatic nitrogens is 3. The number of carbonyl (C=O) groups is 1. The van der Waals surface area contributed by atoms with Gasteiger partial charge in [0.25, 0.3) is 0 Å². The maximum Gasteiger partial charge on any atom is 0.417 e. The second kappa shape index (κ2) is 6.87. The molecule has 2 aromatic heterocycles. The fourth-order valence-corrected chi connectivity index (χ4v) is 4.82. The Morgan fingerprint density at radius 3 is 3.00 bits per heavy atom. The van der Waals surface area contributed by atoms with Crippen LogP contribution in [0.5, 0.6) is 0 Å². The van der Waals surface area contributed by atoms with E-state index in [1.807, 2.05) is 32.3 Å². The van der Waals surface area contributed by atoms with E-state index in [2.05, 4.69) is 20.8 Å². The number of imidazole rings is 1. The minimum Gasteiger partial charge on any atom is -0.441 e. The number of hydrogen-bond acceptors (Lipinski definition) is 6.